The first-order valence-corrected chi connectivity index (χ1v) is 8.06. The zero-order chi connectivity index (χ0) is 14.4. The molecule has 1 heterocycles. The van der Waals surface area contributed by atoms with E-state index >= 15 is 0 Å². The van der Waals surface area contributed by atoms with Gasteiger partial charge in [-0.15, -0.1) is 0 Å². The molecule has 112 valence electrons. The van der Waals surface area contributed by atoms with Gasteiger partial charge in [-0.2, -0.15) is 0 Å². The van der Waals surface area contributed by atoms with Gasteiger partial charge < -0.3 is 10.1 Å². The van der Waals surface area contributed by atoms with E-state index in [2.05, 4.69) is 56.4 Å². The third-order valence-corrected chi connectivity index (χ3v) is 4.10. The summed E-state index contributed by atoms with van der Waals surface area (Å²) in [5.41, 5.74) is 1.44. The highest BCUT2D eigenvalue weighted by molar-refractivity contribution is 5.15. The van der Waals surface area contributed by atoms with Crippen molar-refractivity contribution in [2.75, 3.05) is 6.54 Å². The van der Waals surface area contributed by atoms with Crippen LogP contribution in [-0.2, 0) is 11.2 Å². The van der Waals surface area contributed by atoms with Crippen LogP contribution in [0.4, 0.5) is 0 Å². The Labute approximate surface area is 123 Å². The van der Waals surface area contributed by atoms with E-state index in [0.29, 0.717) is 24.2 Å². The van der Waals surface area contributed by atoms with Gasteiger partial charge in [0.25, 0.3) is 0 Å². The molecule has 1 N–H and O–H groups in total. The second-order valence-corrected chi connectivity index (χ2v) is 6.50. The number of nitrogens with one attached hydrogen (secondary N) is 1. The molecule has 1 aliphatic heterocycles. The van der Waals surface area contributed by atoms with Crippen LogP contribution in [0.25, 0.3) is 0 Å². The molecular formula is C18H29NO. The Morgan fingerprint density at radius 2 is 1.95 bits per heavy atom. The van der Waals surface area contributed by atoms with Crippen LogP contribution in [0.5, 0.6) is 0 Å². The molecule has 3 atom stereocenters. The van der Waals surface area contributed by atoms with Gasteiger partial charge in [0.1, 0.15) is 0 Å². The van der Waals surface area contributed by atoms with Crippen molar-refractivity contribution in [2.24, 2.45) is 5.92 Å². The molecule has 1 aromatic carbocycles. The minimum Gasteiger partial charge on any atom is -0.375 e. The molecule has 0 radical (unpaired) electrons. The summed E-state index contributed by atoms with van der Waals surface area (Å²) in [7, 11) is 0. The lowest BCUT2D eigenvalue weighted by molar-refractivity contribution is 0.0406. The molecule has 0 amide bonds. The quantitative estimate of drug-likeness (QED) is 0.817. The molecule has 0 aliphatic carbocycles. The van der Waals surface area contributed by atoms with Crippen molar-refractivity contribution in [3.63, 3.8) is 0 Å². The fourth-order valence-electron chi connectivity index (χ4n) is 3.02. The summed E-state index contributed by atoms with van der Waals surface area (Å²) in [5, 5.41) is 3.60. The van der Waals surface area contributed by atoms with E-state index in [1.54, 1.807) is 0 Å². The lowest BCUT2D eigenvalue weighted by Crippen LogP contribution is -2.32. The Kier molecular flexibility index (Phi) is 6.06. The third kappa shape index (κ3) is 5.26. The minimum absolute atomic E-state index is 0.454. The first-order valence-electron chi connectivity index (χ1n) is 8.06. The van der Waals surface area contributed by atoms with Gasteiger partial charge >= 0.3 is 0 Å². The first-order chi connectivity index (χ1) is 9.63. The topological polar surface area (TPSA) is 21.3 Å². The number of rotatable bonds is 7. The van der Waals surface area contributed by atoms with E-state index < -0.39 is 0 Å². The number of benzene rings is 1. The van der Waals surface area contributed by atoms with E-state index in [0.717, 1.165) is 13.0 Å². The maximum absolute atomic E-state index is 6.01. The zero-order valence-electron chi connectivity index (χ0n) is 13.1. The first kappa shape index (κ1) is 15.5. The highest BCUT2D eigenvalue weighted by Gasteiger charge is 2.25. The highest BCUT2D eigenvalue weighted by Crippen LogP contribution is 2.26. The van der Waals surface area contributed by atoms with Crippen molar-refractivity contribution in [2.45, 2.75) is 64.7 Å². The standard InChI is InChI=1S/C18H29NO/c1-14(2)19-13-17(11-16-7-5-4-6-8-16)12-18-10-9-15(3)20-18/h4-8,14-15,17-19H,9-13H2,1-3H3. The number of hydrogen-bond donors (Lipinski definition) is 1. The fraction of sp³-hybridized carbons (Fsp3) is 0.667. The molecule has 1 saturated heterocycles. The van der Waals surface area contributed by atoms with Crippen molar-refractivity contribution in [3.05, 3.63) is 35.9 Å². The van der Waals surface area contributed by atoms with Crippen LogP contribution in [0, 0.1) is 5.92 Å². The van der Waals surface area contributed by atoms with E-state index in [-0.39, 0.29) is 0 Å². The van der Waals surface area contributed by atoms with Crippen molar-refractivity contribution >= 4 is 0 Å². The normalized spacial score (nSPS) is 24.2. The molecule has 20 heavy (non-hydrogen) atoms. The van der Waals surface area contributed by atoms with E-state index in [9.17, 15) is 0 Å². The molecule has 1 aromatic rings. The van der Waals surface area contributed by atoms with Crippen molar-refractivity contribution in [1.29, 1.82) is 0 Å². The lowest BCUT2D eigenvalue weighted by atomic mass is 9.92. The second-order valence-electron chi connectivity index (χ2n) is 6.50. The van der Waals surface area contributed by atoms with Gasteiger partial charge in [0.2, 0.25) is 0 Å². The van der Waals surface area contributed by atoms with Crippen LogP contribution in [0.3, 0.4) is 0 Å². The van der Waals surface area contributed by atoms with Crippen LogP contribution < -0.4 is 5.32 Å². The fourth-order valence-corrected chi connectivity index (χ4v) is 3.02. The van der Waals surface area contributed by atoms with Crippen LogP contribution in [0.15, 0.2) is 30.3 Å². The lowest BCUT2D eigenvalue weighted by Gasteiger charge is -2.22. The molecule has 0 bridgehead atoms. The van der Waals surface area contributed by atoms with Crippen molar-refractivity contribution < 1.29 is 4.74 Å². The van der Waals surface area contributed by atoms with Gasteiger partial charge in [-0.3, -0.25) is 0 Å². The predicted octanol–water partition coefficient (Wildman–Crippen LogP) is 3.80. The van der Waals surface area contributed by atoms with E-state index in [1.165, 1.54) is 24.8 Å². The Morgan fingerprint density at radius 1 is 1.20 bits per heavy atom. The van der Waals surface area contributed by atoms with Crippen LogP contribution in [-0.4, -0.2) is 24.8 Å². The van der Waals surface area contributed by atoms with E-state index in [4.69, 9.17) is 4.74 Å². The molecule has 0 spiro atoms. The SMILES string of the molecule is CC(C)NCC(Cc1ccccc1)CC1CCC(C)O1. The Morgan fingerprint density at radius 3 is 2.55 bits per heavy atom. The monoisotopic (exact) mass is 275 g/mol. The van der Waals surface area contributed by atoms with E-state index in [1.807, 2.05) is 0 Å². The molecule has 2 heteroatoms. The largest absolute Gasteiger partial charge is 0.375 e. The van der Waals surface area contributed by atoms with Gasteiger partial charge in [0.05, 0.1) is 12.2 Å². The summed E-state index contributed by atoms with van der Waals surface area (Å²) in [6.07, 6.45) is 5.70. The number of hydrogen-bond acceptors (Lipinski definition) is 2. The summed E-state index contributed by atoms with van der Waals surface area (Å²) in [6, 6.07) is 11.4. The zero-order valence-corrected chi connectivity index (χ0v) is 13.1. The molecule has 0 aromatic heterocycles. The molecule has 1 aliphatic rings. The molecule has 2 rings (SSSR count). The Hall–Kier alpha value is -0.860. The Balaban J connectivity index is 1.89. The average Bonchev–Trinajstić information content (AvgIpc) is 2.82. The Bertz CT molecular complexity index is 376. The third-order valence-electron chi connectivity index (χ3n) is 4.10. The molecular weight excluding hydrogens is 246 g/mol. The predicted molar refractivity (Wildman–Crippen MR) is 85.0 cm³/mol. The van der Waals surface area contributed by atoms with Crippen molar-refractivity contribution in [3.8, 4) is 0 Å². The van der Waals surface area contributed by atoms with Gasteiger partial charge in [-0.1, -0.05) is 44.2 Å². The van der Waals surface area contributed by atoms with Crippen LogP contribution in [0.2, 0.25) is 0 Å². The smallest absolute Gasteiger partial charge is 0.0583 e. The summed E-state index contributed by atoms with van der Waals surface area (Å²) in [6.45, 7) is 7.71. The van der Waals surface area contributed by atoms with Crippen LogP contribution in [0.1, 0.15) is 45.6 Å². The highest BCUT2D eigenvalue weighted by atomic mass is 16.5. The molecule has 0 saturated carbocycles. The molecule has 3 unspecified atom stereocenters. The van der Waals surface area contributed by atoms with Gasteiger partial charge in [-0.05, 0) is 50.6 Å². The van der Waals surface area contributed by atoms with Crippen molar-refractivity contribution in [1.82, 2.24) is 5.32 Å². The van der Waals surface area contributed by atoms with Gasteiger partial charge in [0, 0.05) is 6.04 Å². The minimum atomic E-state index is 0.454. The maximum atomic E-state index is 6.01. The summed E-state index contributed by atoms with van der Waals surface area (Å²) in [4.78, 5) is 0. The molecule has 2 nitrogen and oxygen atoms in total. The summed E-state index contributed by atoms with van der Waals surface area (Å²) in [5.74, 6) is 0.662. The second kappa shape index (κ2) is 7.80. The molecule has 1 fully saturated rings. The number of ether oxygens (including phenoxy) is 1. The van der Waals surface area contributed by atoms with Crippen LogP contribution >= 0.6 is 0 Å². The summed E-state index contributed by atoms with van der Waals surface area (Å²) < 4.78 is 6.01. The van der Waals surface area contributed by atoms with Gasteiger partial charge in [0.15, 0.2) is 0 Å². The summed E-state index contributed by atoms with van der Waals surface area (Å²) >= 11 is 0. The average molecular weight is 275 g/mol. The van der Waals surface area contributed by atoms with Gasteiger partial charge in [-0.25, -0.2) is 0 Å². The maximum Gasteiger partial charge on any atom is 0.0583 e.